The molecule has 1 aliphatic carbocycles. The maximum atomic E-state index is 5.82. The number of hydrogen-bond acceptors (Lipinski definition) is 2. The molecule has 0 saturated carbocycles. The van der Waals surface area contributed by atoms with Gasteiger partial charge in [0.05, 0.1) is 10.2 Å². The molecule has 2 aliphatic rings. The van der Waals surface area contributed by atoms with E-state index >= 15 is 0 Å². The van der Waals surface area contributed by atoms with Gasteiger partial charge in [0, 0.05) is 17.6 Å². The van der Waals surface area contributed by atoms with Gasteiger partial charge in [-0.1, -0.05) is 0 Å². The molecule has 0 amide bonds. The molecule has 5 heteroatoms. The molecule has 24 heavy (non-hydrogen) atoms. The fraction of sp³-hybridized carbons (Fsp3) is 0.632. The Hall–Kier alpha value is -0.390. The summed E-state index contributed by atoms with van der Waals surface area (Å²) in [6.07, 6.45) is 7.24. The third kappa shape index (κ3) is 3.58. The number of nitrogens with zero attached hydrogens (tertiary/aromatic N) is 2. The molecular formula is C19H27Br2N3. The van der Waals surface area contributed by atoms with E-state index in [1.54, 1.807) is 0 Å². The summed E-state index contributed by atoms with van der Waals surface area (Å²) in [5.41, 5.74) is 11.3. The van der Waals surface area contributed by atoms with E-state index in [9.17, 15) is 0 Å². The van der Waals surface area contributed by atoms with Crippen molar-refractivity contribution in [1.29, 1.82) is 0 Å². The number of piperidine rings is 1. The highest BCUT2D eigenvalue weighted by atomic mass is 79.9. The predicted molar refractivity (Wildman–Crippen MR) is 109 cm³/mol. The van der Waals surface area contributed by atoms with E-state index in [0.29, 0.717) is 5.92 Å². The van der Waals surface area contributed by atoms with Gasteiger partial charge >= 0.3 is 0 Å². The first-order valence-corrected chi connectivity index (χ1v) is 10.6. The van der Waals surface area contributed by atoms with E-state index in [4.69, 9.17) is 10.7 Å². The quantitative estimate of drug-likeness (QED) is 0.495. The molecule has 132 valence electrons. The summed E-state index contributed by atoms with van der Waals surface area (Å²) in [6, 6.07) is 0. The Labute approximate surface area is 162 Å². The second kappa shape index (κ2) is 7.88. The highest BCUT2D eigenvalue weighted by Crippen LogP contribution is 2.44. The van der Waals surface area contributed by atoms with Crippen molar-refractivity contribution >= 4 is 43.4 Å². The molecule has 1 saturated heterocycles. The van der Waals surface area contributed by atoms with Crippen LogP contribution in [0.3, 0.4) is 0 Å². The predicted octanol–water partition coefficient (Wildman–Crippen LogP) is 5.12. The van der Waals surface area contributed by atoms with Gasteiger partial charge in [-0.15, -0.1) is 0 Å². The molecule has 3 rings (SSSR count). The Bertz CT molecular complexity index is 647. The zero-order valence-corrected chi connectivity index (χ0v) is 17.8. The normalized spacial score (nSPS) is 19.5. The second-order valence-electron chi connectivity index (χ2n) is 7.09. The third-order valence-electron chi connectivity index (χ3n) is 5.62. The average molecular weight is 457 g/mol. The van der Waals surface area contributed by atoms with Crippen molar-refractivity contribution in [3.63, 3.8) is 0 Å². The molecule has 0 unspecified atom stereocenters. The first-order valence-electron chi connectivity index (χ1n) is 9.02. The van der Waals surface area contributed by atoms with E-state index in [1.165, 1.54) is 48.8 Å². The van der Waals surface area contributed by atoms with Crippen molar-refractivity contribution in [2.75, 3.05) is 19.6 Å². The van der Waals surface area contributed by atoms with Gasteiger partial charge < -0.3 is 10.6 Å². The Morgan fingerprint density at radius 2 is 1.75 bits per heavy atom. The number of hydrogen-bond donors (Lipinski definition) is 1. The van der Waals surface area contributed by atoms with Gasteiger partial charge in [0.2, 0.25) is 0 Å². The summed E-state index contributed by atoms with van der Waals surface area (Å²) in [6.45, 7) is 7.33. The standard InChI is InChI=1S/C19H27Br2N3/c1-12-15-5-3-4-6-16(15)19(18(21)17(12)20)23-13(2)24-9-7-14(11-22)8-10-24/h14H,3-11,22H2,1-2H3/b23-13+. The number of halogens is 2. The molecule has 0 radical (unpaired) electrons. The Morgan fingerprint density at radius 3 is 2.38 bits per heavy atom. The number of fused-ring (bicyclic) bond motifs is 1. The van der Waals surface area contributed by atoms with Crippen LogP contribution in [0.15, 0.2) is 13.9 Å². The van der Waals surface area contributed by atoms with E-state index < -0.39 is 0 Å². The van der Waals surface area contributed by atoms with Crippen molar-refractivity contribution in [2.24, 2.45) is 16.6 Å². The summed E-state index contributed by atoms with van der Waals surface area (Å²) in [5.74, 6) is 1.82. The molecule has 2 N–H and O–H groups in total. The lowest BCUT2D eigenvalue weighted by Gasteiger charge is -2.33. The van der Waals surface area contributed by atoms with Gasteiger partial charge in [-0.3, -0.25) is 0 Å². The first kappa shape index (κ1) is 18.4. The number of likely N-dealkylation sites (tertiary alicyclic amines) is 1. The van der Waals surface area contributed by atoms with Crippen molar-refractivity contribution in [1.82, 2.24) is 4.90 Å². The smallest absolute Gasteiger partial charge is 0.102 e. The molecule has 1 fully saturated rings. The topological polar surface area (TPSA) is 41.6 Å². The Balaban J connectivity index is 1.93. The highest BCUT2D eigenvalue weighted by Gasteiger charge is 2.23. The fourth-order valence-corrected chi connectivity index (χ4v) is 5.01. The Kier molecular flexibility index (Phi) is 6.04. The number of amidine groups is 1. The van der Waals surface area contributed by atoms with Crippen LogP contribution in [0.2, 0.25) is 0 Å². The van der Waals surface area contributed by atoms with Gasteiger partial charge in [-0.05, 0) is 113 Å². The number of benzene rings is 1. The monoisotopic (exact) mass is 455 g/mol. The van der Waals surface area contributed by atoms with Crippen LogP contribution in [0.4, 0.5) is 5.69 Å². The summed E-state index contributed by atoms with van der Waals surface area (Å²) < 4.78 is 2.27. The second-order valence-corrected chi connectivity index (χ2v) is 8.68. The molecular weight excluding hydrogens is 430 g/mol. The molecule has 0 atom stereocenters. The van der Waals surface area contributed by atoms with Gasteiger partial charge in [-0.25, -0.2) is 4.99 Å². The lowest BCUT2D eigenvalue weighted by Crippen LogP contribution is -2.38. The van der Waals surface area contributed by atoms with Crippen LogP contribution in [0.1, 0.15) is 49.3 Å². The van der Waals surface area contributed by atoms with Crippen molar-refractivity contribution in [3.8, 4) is 0 Å². The lowest BCUT2D eigenvalue weighted by atomic mass is 9.87. The number of aliphatic imine (C=N–C) groups is 1. The first-order chi connectivity index (χ1) is 11.5. The maximum Gasteiger partial charge on any atom is 0.102 e. The minimum Gasteiger partial charge on any atom is -0.360 e. The largest absolute Gasteiger partial charge is 0.360 e. The maximum absolute atomic E-state index is 5.82. The summed E-state index contributed by atoms with van der Waals surface area (Å²) in [7, 11) is 0. The SMILES string of the molecule is C/C(=N\c1c(Br)c(Br)c(C)c2c1CCCC2)N1CCC(CN)CC1. The fourth-order valence-electron chi connectivity index (χ4n) is 3.96. The van der Waals surface area contributed by atoms with E-state index in [2.05, 4.69) is 50.6 Å². The van der Waals surface area contributed by atoms with E-state index in [-0.39, 0.29) is 0 Å². The van der Waals surface area contributed by atoms with Crippen LogP contribution < -0.4 is 5.73 Å². The zero-order chi connectivity index (χ0) is 17.3. The molecule has 1 heterocycles. The number of rotatable bonds is 2. The molecule has 1 aliphatic heterocycles. The van der Waals surface area contributed by atoms with Crippen LogP contribution in [0.5, 0.6) is 0 Å². The van der Waals surface area contributed by atoms with Gasteiger partial charge in [0.15, 0.2) is 0 Å². The van der Waals surface area contributed by atoms with Gasteiger partial charge in [-0.2, -0.15) is 0 Å². The summed E-state index contributed by atoms with van der Waals surface area (Å²) >= 11 is 7.56. The molecule has 3 nitrogen and oxygen atoms in total. The average Bonchev–Trinajstić information content (AvgIpc) is 2.63. The van der Waals surface area contributed by atoms with Crippen molar-refractivity contribution in [2.45, 2.75) is 52.4 Å². The van der Waals surface area contributed by atoms with E-state index in [1.807, 2.05) is 0 Å². The zero-order valence-electron chi connectivity index (χ0n) is 14.7. The van der Waals surface area contributed by atoms with Crippen LogP contribution >= 0.6 is 31.9 Å². The highest BCUT2D eigenvalue weighted by molar-refractivity contribution is 9.13. The summed E-state index contributed by atoms with van der Waals surface area (Å²) in [4.78, 5) is 7.50. The van der Waals surface area contributed by atoms with Gasteiger partial charge in [0.1, 0.15) is 5.84 Å². The molecule has 0 aromatic heterocycles. The molecule has 0 spiro atoms. The van der Waals surface area contributed by atoms with Crippen LogP contribution in [-0.4, -0.2) is 30.4 Å². The third-order valence-corrected chi connectivity index (χ3v) is 7.91. The van der Waals surface area contributed by atoms with Crippen molar-refractivity contribution in [3.05, 3.63) is 25.6 Å². The van der Waals surface area contributed by atoms with Crippen LogP contribution in [-0.2, 0) is 12.8 Å². The summed E-state index contributed by atoms with van der Waals surface area (Å²) in [5, 5.41) is 0. The lowest BCUT2D eigenvalue weighted by molar-refractivity contribution is 0.270. The molecule has 0 bridgehead atoms. The minimum atomic E-state index is 0.682. The molecule has 1 aromatic carbocycles. The van der Waals surface area contributed by atoms with Gasteiger partial charge in [0.25, 0.3) is 0 Å². The van der Waals surface area contributed by atoms with E-state index in [0.717, 1.165) is 46.5 Å². The Morgan fingerprint density at radius 1 is 1.12 bits per heavy atom. The molecule has 1 aromatic rings. The van der Waals surface area contributed by atoms with Crippen LogP contribution in [0, 0.1) is 12.8 Å². The van der Waals surface area contributed by atoms with Crippen molar-refractivity contribution < 1.29 is 0 Å². The van der Waals surface area contributed by atoms with Crippen LogP contribution in [0.25, 0.3) is 0 Å². The number of nitrogens with two attached hydrogens (primary N) is 1. The minimum absolute atomic E-state index is 0.682.